The number of benzene rings is 1. The van der Waals surface area contributed by atoms with Gasteiger partial charge in [0.25, 0.3) is 5.91 Å². The van der Waals surface area contributed by atoms with Crippen LogP contribution in [0.15, 0.2) is 43.0 Å². The average Bonchev–Trinajstić information content (AvgIpc) is 3.03. The maximum Gasteiger partial charge on any atom is 0.251 e. The summed E-state index contributed by atoms with van der Waals surface area (Å²) in [5.41, 5.74) is 1.62. The molecule has 120 valence electrons. The summed E-state index contributed by atoms with van der Waals surface area (Å²) in [6.45, 7) is 1.90. The van der Waals surface area contributed by atoms with Gasteiger partial charge < -0.3 is 15.2 Å². The number of hydrogen-bond acceptors (Lipinski definition) is 3. The van der Waals surface area contributed by atoms with Gasteiger partial charge in [-0.15, -0.1) is 24.8 Å². The van der Waals surface area contributed by atoms with Gasteiger partial charge >= 0.3 is 0 Å². The Hall–Kier alpha value is -1.56. The third-order valence-electron chi connectivity index (χ3n) is 3.54. The molecule has 0 spiro atoms. The summed E-state index contributed by atoms with van der Waals surface area (Å²) in [4.78, 5) is 16.3. The molecule has 0 unspecified atom stereocenters. The van der Waals surface area contributed by atoms with Crippen molar-refractivity contribution in [1.29, 1.82) is 0 Å². The van der Waals surface area contributed by atoms with Crippen molar-refractivity contribution in [3.63, 3.8) is 0 Å². The number of carbonyl (C=O) groups excluding carboxylic acids is 1. The summed E-state index contributed by atoms with van der Waals surface area (Å²) in [5.74, 6) is -0.0133. The van der Waals surface area contributed by atoms with Crippen molar-refractivity contribution in [3.8, 4) is 5.69 Å². The minimum atomic E-state index is -0.0133. The Labute approximate surface area is 142 Å². The van der Waals surface area contributed by atoms with Gasteiger partial charge in [0.05, 0.1) is 6.33 Å². The van der Waals surface area contributed by atoms with Crippen molar-refractivity contribution in [2.75, 3.05) is 13.1 Å². The van der Waals surface area contributed by atoms with Crippen LogP contribution in [0.4, 0.5) is 0 Å². The fraction of sp³-hybridized carbons (Fsp3) is 0.333. The SMILES string of the molecule is Cl.Cl.O=C(N[C@H]1CCCNC1)c1cccc(-n2ccnc2)c1. The zero-order chi connectivity index (χ0) is 13.8. The van der Waals surface area contributed by atoms with Gasteiger partial charge in [-0.1, -0.05) is 6.07 Å². The first-order chi connectivity index (χ1) is 9.83. The van der Waals surface area contributed by atoms with Gasteiger partial charge in [-0.3, -0.25) is 4.79 Å². The van der Waals surface area contributed by atoms with Crippen LogP contribution in [-0.4, -0.2) is 34.6 Å². The van der Waals surface area contributed by atoms with Crippen molar-refractivity contribution >= 4 is 30.7 Å². The van der Waals surface area contributed by atoms with Crippen LogP contribution in [0.2, 0.25) is 0 Å². The molecule has 2 aromatic rings. The fourth-order valence-electron chi connectivity index (χ4n) is 2.46. The van der Waals surface area contributed by atoms with Gasteiger partial charge in [-0.2, -0.15) is 0 Å². The molecule has 22 heavy (non-hydrogen) atoms. The van der Waals surface area contributed by atoms with E-state index in [4.69, 9.17) is 0 Å². The third kappa shape index (κ3) is 4.47. The normalized spacial score (nSPS) is 17.0. The highest BCUT2D eigenvalue weighted by Gasteiger charge is 2.16. The predicted molar refractivity (Wildman–Crippen MR) is 91.4 cm³/mol. The Morgan fingerprint density at radius 1 is 1.36 bits per heavy atom. The lowest BCUT2D eigenvalue weighted by Crippen LogP contribution is -2.45. The maximum atomic E-state index is 12.3. The van der Waals surface area contributed by atoms with Gasteiger partial charge in [-0.25, -0.2) is 4.98 Å². The fourth-order valence-corrected chi connectivity index (χ4v) is 2.46. The van der Waals surface area contributed by atoms with Crippen molar-refractivity contribution < 1.29 is 4.79 Å². The summed E-state index contributed by atoms with van der Waals surface area (Å²) >= 11 is 0. The van der Waals surface area contributed by atoms with Gasteiger partial charge in [0.15, 0.2) is 0 Å². The first-order valence-corrected chi connectivity index (χ1v) is 6.93. The molecule has 1 fully saturated rings. The van der Waals surface area contributed by atoms with Crippen LogP contribution in [0.1, 0.15) is 23.2 Å². The molecular formula is C15H20Cl2N4O. The van der Waals surface area contributed by atoms with E-state index in [1.165, 1.54) is 0 Å². The van der Waals surface area contributed by atoms with E-state index in [2.05, 4.69) is 15.6 Å². The van der Waals surface area contributed by atoms with Gasteiger partial charge in [0.1, 0.15) is 0 Å². The topological polar surface area (TPSA) is 59.0 Å². The summed E-state index contributed by atoms with van der Waals surface area (Å²) in [6, 6.07) is 7.80. The zero-order valence-electron chi connectivity index (χ0n) is 12.1. The van der Waals surface area contributed by atoms with Crippen LogP contribution in [-0.2, 0) is 0 Å². The molecule has 3 rings (SSSR count). The van der Waals surface area contributed by atoms with Gasteiger partial charge in [-0.05, 0) is 37.6 Å². The number of halogens is 2. The number of nitrogens with one attached hydrogen (secondary N) is 2. The number of rotatable bonds is 3. The summed E-state index contributed by atoms with van der Waals surface area (Å²) in [5, 5.41) is 6.38. The highest BCUT2D eigenvalue weighted by Crippen LogP contribution is 2.11. The largest absolute Gasteiger partial charge is 0.348 e. The zero-order valence-corrected chi connectivity index (χ0v) is 13.7. The Balaban J connectivity index is 0.00000121. The number of carbonyl (C=O) groups is 1. The number of amides is 1. The number of hydrogen-bond donors (Lipinski definition) is 2. The molecule has 2 heterocycles. The average molecular weight is 343 g/mol. The molecular weight excluding hydrogens is 323 g/mol. The van der Waals surface area contributed by atoms with Gasteiger partial charge in [0, 0.05) is 36.2 Å². The van der Waals surface area contributed by atoms with E-state index in [1.54, 1.807) is 12.5 Å². The third-order valence-corrected chi connectivity index (χ3v) is 3.54. The van der Waals surface area contributed by atoms with E-state index >= 15 is 0 Å². The monoisotopic (exact) mass is 342 g/mol. The van der Waals surface area contributed by atoms with E-state index < -0.39 is 0 Å². The minimum Gasteiger partial charge on any atom is -0.348 e. The van der Waals surface area contributed by atoms with Crippen molar-refractivity contribution in [2.45, 2.75) is 18.9 Å². The molecule has 2 N–H and O–H groups in total. The standard InChI is InChI=1S/C15H18N4O.2ClH/c20-15(18-13-4-2-6-16-10-13)12-3-1-5-14(9-12)19-8-7-17-11-19;;/h1,3,5,7-9,11,13,16H,2,4,6,10H2,(H,18,20);2*1H/t13-;;/m0../s1. The lowest BCUT2D eigenvalue weighted by atomic mass is 10.1. The van der Waals surface area contributed by atoms with Crippen LogP contribution in [0, 0.1) is 0 Å². The summed E-state index contributed by atoms with van der Waals surface area (Å²) in [6.07, 6.45) is 7.46. The molecule has 1 atom stereocenters. The molecule has 1 aliphatic rings. The lowest BCUT2D eigenvalue weighted by Gasteiger charge is -2.23. The van der Waals surface area contributed by atoms with Crippen molar-refractivity contribution in [2.24, 2.45) is 0 Å². The Kier molecular flexibility index (Phi) is 7.38. The number of aromatic nitrogens is 2. The molecule has 5 nitrogen and oxygen atoms in total. The van der Waals surface area contributed by atoms with Crippen molar-refractivity contribution in [1.82, 2.24) is 20.2 Å². The van der Waals surface area contributed by atoms with E-state index in [-0.39, 0.29) is 36.8 Å². The van der Waals surface area contributed by atoms with E-state index in [1.807, 2.05) is 35.0 Å². The van der Waals surface area contributed by atoms with Gasteiger partial charge in [0.2, 0.25) is 0 Å². The predicted octanol–water partition coefficient (Wildman–Crippen LogP) is 2.20. The number of nitrogens with zero attached hydrogens (tertiary/aromatic N) is 2. The molecule has 0 aliphatic carbocycles. The maximum absolute atomic E-state index is 12.3. The lowest BCUT2D eigenvalue weighted by molar-refractivity contribution is 0.0930. The molecule has 0 saturated carbocycles. The summed E-state index contributed by atoms with van der Waals surface area (Å²) in [7, 11) is 0. The molecule has 1 aliphatic heterocycles. The van der Waals surface area contributed by atoms with E-state index in [0.717, 1.165) is 31.6 Å². The molecule has 0 bridgehead atoms. The van der Waals surface area contributed by atoms with E-state index in [9.17, 15) is 4.79 Å². The Morgan fingerprint density at radius 2 is 2.23 bits per heavy atom. The minimum absolute atomic E-state index is 0. The second kappa shape index (κ2) is 8.78. The first kappa shape index (κ1) is 18.5. The smallest absolute Gasteiger partial charge is 0.251 e. The molecule has 1 saturated heterocycles. The van der Waals surface area contributed by atoms with Crippen LogP contribution in [0.25, 0.3) is 5.69 Å². The first-order valence-electron chi connectivity index (χ1n) is 6.93. The molecule has 0 radical (unpaired) electrons. The van der Waals surface area contributed by atoms with Crippen LogP contribution >= 0.6 is 24.8 Å². The van der Waals surface area contributed by atoms with Crippen LogP contribution < -0.4 is 10.6 Å². The summed E-state index contributed by atoms with van der Waals surface area (Å²) < 4.78 is 1.89. The highest BCUT2D eigenvalue weighted by atomic mass is 35.5. The Morgan fingerprint density at radius 3 is 2.91 bits per heavy atom. The second-order valence-electron chi connectivity index (χ2n) is 5.04. The Bertz CT molecular complexity index is 583. The quantitative estimate of drug-likeness (QED) is 0.898. The van der Waals surface area contributed by atoms with E-state index in [0.29, 0.717) is 5.56 Å². The molecule has 1 aromatic heterocycles. The molecule has 7 heteroatoms. The van der Waals surface area contributed by atoms with Crippen LogP contribution in [0.5, 0.6) is 0 Å². The highest BCUT2D eigenvalue weighted by molar-refractivity contribution is 5.94. The second-order valence-corrected chi connectivity index (χ2v) is 5.04. The number of piperidine rings is 1. The number of imidazole rings is 1. The molecule has 1 aromatic carbocycles. The van der Waals surface area contributed by atoms with Crippen molar-refractivity contribution in [3.05, 3.63) is 48.5 Å². The molecule has 1 amide bonds. The van der Waals surface area contributed by atoms with Crippen LogP contribution in [0.3, 0.4) is 0 Å².